The van der Waals surface area contributed by atoms with Gasteiger partial charge in [0.1, 0.15) is 0 Å². The fraction of sp³-hybridized carbons (Fsp3) is 0.400. The molecule has 4 unspecified atom stereocenters. The van der Waals surface area contributed by atoms with Gasteiger partial charge in [-0.15, -0.1) is 0 Å². The van der Waals surface area contributed by atoms with Gasteiger partial charge >= 0.3 is 145 Å². The van der Waals surface area contributed by atoms with E-state index in [0.29, 0.717) is 0 Å². The normalized spacial score (nSPS) is 32.0. The van der Waals surface area contributed by atoms with Crippen LogP contribution in [0.1, 0.15) is 28.2 Å². The van der Waals surface area contributed by atoms with Crippen LogP contribution in [-0.2, 0) is 19.2 Å². The average Bonchev–Trinajstić information content (AvgIpc) is 3.10. The van der Waals surface area contributed by atoms with Crippen LogP contribution in [-0.4, -0.2) is 13.3 Å². The van der Waals surface area contributed by atoms with Crippen molar-refractivity contribution in [3.63, 3.8) is 0 Å². The molecule has 0 aliphatic heterocycles. The van der Waals surface area contributed by atoms with Crippen molar-refractivity contribution < 1.29 is 19.2 Å². The van der Waals surface area contributed by atoms with Crippen LogP contribution in [0.4, 0.5) is 0 Å². The van der Waals surface area contributed by atoms with Gasteiger partial charge in [-0.25, -0.2) is 0 Å². The molecule has 4 rings (SSSR count). The fourth-order valence-corrected chi connectivity index (χ4v) is 9.99. The Morgan fingerprint density at radius 3 is 2.73 bits per heavy atom. The quantitative estimate of drug-likeness (QED) is 0.478. The fourth-order valence-electron chi connectivity index (χ4n) is 4.23. The molecule has 0 bridgehead atoms. The van der Waals surface area contributed by atoms with Crippen molar-refractivity contribution in [1.29, 1.82) is 0 Å². The first-order chi connectivity index (χ1) is 10.7. The molecular weight excluding hydrogens is 319 g/mol. The molecule has 0 spiro atoms. The third kappa shape index (κ3) is 2.64. The first-order valence-corrected chi connectivity index (χ1v) is 12.4. The molecule has 0 saturated heterocycles. The van der Waals surface area contributed by atoms with E-state index >= 15 is 0 Å². The molecule has 0 amide bonds. The van der Waals surface area contributed by atoms with Crippen molar-refractivity contribution >= 4 is 14.0 Å². The third-order valence-corrected chi connectivity index (χ3v) is 10.4. The minimum atomic E-state index is 0.0112. The first-order valence-electron chi connectivity index (χ1n) is 8.33. The number of hydrogen-bond donors (Lipinski definition) is 0. The van der Waals surface area contributed by atoms with Gasteiger partial charge in [0.2, 0.25) is 0 Å². The molecule has 4 atom stereocenters. The van der Waals surface area contributed by atoms with Gasteiger partial charge in [-0.2, -0.15) is 0 Å². The van der Waals surface area contributed by atoms with Crippen LogP contribution in [0.15, 0.2) is 53.9 Å². The van der Waals surface area contributed by atoms with Crippen molar-refractivity contribution in [3.8, 4) is 0 Å². The zero-order chi connectivity index (χ0) is 15.1. The summed E-state index contributed by atoms with van der Waals surface area (Å²) in [7, 11) is 0.0337. The Kier molecular flexibility index (Phi) is 4.29. The average molecular weight is 342 g/mol. The topological polar surface area (TPSA) is 0 Å². The summed E-state index contributed by atoms with van der Waals surface area (Å²) in [6.07, 6.45) is 14.9. The summed E-state index contributed by atoms with van der Waals surface area (Å²) in [4.78, 5) is 0. The van der Waals surface area contributed by atoms with Crippen molar-refractivity contribution in [3.05, 3.63) is 65.0 Å². The summed E-state index contributed by atoms with van der Waals surface area (Å²) in [6, 6.07) is 9.15. The van der Waals surface area contributed by atoms with E-state index < -0.39 is 0 Å². The van der Waals surface area contributed by atoms with Gasteiger partial charge in [0.05, 0.1) is 0 Å². The van der Waals surface area contributed by atoms with Gasteiger partial charge < -0.3 is 0 Å². The molecule has 3 aliphatic rings. The van der Waals surface area contributed by atoms with E-state index in [1.54, 1.807) is 10.9 Å². The van der Waals surface area contributed by atoms with Crippen LogP contribution in [0.2, 0.25) is 4.22 Å². The molecule has 22 heavy (non-hydrogen) atoms. The molecule has 112 valence electrons. The van der Waals surface area contributed by atoms with E-state index in [1.807, 2.05) is 0 Å². The van der Waals surface area contributed by atoms with Gasteiger partial charge in [-0.3, -0.25) is 0 Å². The van der Waals surface area contributed by atoms with Gasteiger partial charge in [-0.1, -0.05) is 0 Å². The Bertz CT molecular complexity index is 655. The molecule has 0 radical (unpaired) electrons. The molecule has 2 heteroatoms. The Morgan fingerprint density at radius 2 is 1.86 bits per heavy atom. The van der Waals surface area contributed by atoms with Gasteiger partial charge in [0, 0.05) is 0 Å². The zero-order valence-electron chi connectivity index (χ0n) is 13.4. The van der Waals surface area contributed by atoms with Gasteiger partial charge in [0.25, 0.3) is 0 Å². The van der Waals surface area contributed by atoms with Gasteiger partial charge in [0.15, 0.2) is 0 Å². The monoisotopic (exact) mass is 342 g/mol. The molecule has 0 N–H and O–H groups in total. The van der Waals surface area contributed by atoms with Crippen LogP contribution in [0.5, 0.6) is 0 Å². The standard InChI is InChI=1S/C11H12P.C9H11.Ti/c1-12(2)11-7-9-5-3-4-6-10(9)8-11;1-2-5-9-7-3-6-8(9)4-1;/h3-8H,1-2H3;1-2,4-6,8-9H,3,7H2;. The van der Waals surface area contributed by atoms with Crippen molar-refractivity contribution in [1.82, 2.24) is 0 Å². The molecule has 0 aromatic heterocycles. The van der Waals surface area contributed by atoms with Gasteiger partial charge in [-0.05, 0) is 0 Å². The van der Waals surface area contributed by atoms with Crippen LogP contribution in [0.3, 0.4) is 0 Å². The zero-order valence-corrected chi connectivity index (χ0v) is 15.8. The molecule has 1 fully saturated rings. The van der Waals surface area contributed by atoms with Crippen LogP contribution >= 0.6 is 7.92 Å². The minimum absolute atomic E-state index is 0.0112. The van der Waals surface area contributed by atoms with E-state index in [-0.39, 0.29) is 27.1 Å². The Hall–Kier alpha value is -0.416. The predicted octanol–water partition coefficient (Wildman–Crippen LogP) is 5.85. The molecule has 3 aliphatic carbocycles. The summed E-state index contributed by atoms with van der Waals surface area (Å²) >= 11 is 0.0112. The van der Waals surface area contributed by atoms with Crippen LogP contribution < -0.4 is 0 Å². The number of fused-ring (bicyclic) bond motifs is 2. The second-order valence-electron chi connectivity index (χ2n) is 6.89. The van der Waals surface area contributed by atoms with E-state index in [1.165, 1.54) is 18.4 Å². The first kappa shape index (κ1) is 15.1. The summed E-state index contributed by atoms with van der Waals surface area (Å²) in [5, 5.41) is 1.77. The second-order valence-corrected chi connectivity index (χ2v) is 11.8. The molecule has 1 aromatic carbocycles. The predicted molar refractivity (Wildman–Crippen MR) is 94.2 cm³/mol. The number of rotatable bonds is 3. The van der Waals surface area contributed by atoms with E-state index in [2.05, 4.69) is 68.0 Å². The number of benzene rings is 1. The Labute approximate surface area is 144 Å². The summed E-state index contributed by atoms with van der Waals surface area (Å²) < 4.78 is 1.79. The number of hydrogen-bond acceptors (Lipinski definition) is 0. The Morgan fingerprint density at radius 1 is 1.05 bits per heavy atom. The SMILES string of the molecule is CP(C)C1=Cc2ccccc2[CH]1[Ti][CH]1CCC2C=CC=CC21. The van der Waals surface area contributed by atoms with Crippen LogP contribution in [0, 0.1) is 11.8 Å². The molecule has 0 nitrogen and oxygen atoms in total. The van der Waals surface area contributed by atoms with E-state index in [9.17, 15) is 0 Å². The van der Waals surface area contributed by atoms with Crippen molar-refractivity contribution in [2.24, 2.45) is 11.8 Å². The summed E-state index contributed by atoms with van der Waals surface area (Å²) in [6.45, 7) is 4.87. The summed E-state index contributed by atoms with van der Waals surface area (Å²) in [5.74, 6) is 1.69. The maximum atomic E-state index is 2.53. The Balaban J connectivity index is 1.60. The van der Waals surface area contributed by atoms with E-state index in [0.717, 1.165) is 20.3 Å². The second kappa shape index (κ2) is 6.23. The van der Waals surface area contributed by atoms with Crippen LogP contribution in [0.25, 0.3) is 6.08 Å². The van der Waals surface area contributed by atoms with Crippen molar-refractivity contribution in [2.45, 2.75) is 21.3 Å². The molecule has 0 heterocycles. The van der Waals surface area contributed by atoms with Crippen molar-refractivity contribution in [2.75, 3.05) is 13.3 Å². The molecule has 1 saturated carbocycles. The number of allylic oxidation sites excluding steroid dienone is 5. The molecule has 1 aromatic rings. The molecular formula is C20H23PTi. The maximum absolute atomic E-state index is 2.53. The third-order valence-electron chi connectivity index (χ3n) is 5.38. The summed E-state index contributed by atoms with van der Waals surface area (Å²) in [5.41, 5.74) is 3.16. The van der Waals surface area contributed by atoms with E-state index in [4.69, 9.17) is 0 Å².